The fraction of sp³-hybridized carbons (Fsp3) is 0.350. The van der Waals surface area contributed by atoms with Crippen LogP contribution in [0.5, 0.6) is 23.0 Å². The highest BCUT2D eigenvalue weighted by atomic mass is 32.2. The first kappa shape index (κ1) is 21.6. The molecule has 0 spiro atoms. The Morgan fingerprint density at radius 3 is 2.50 bits per heavy atom. The van der Waals surface area contributed by atoms with Crippen molar-refractivity contribution in [1.29, 1.82) is 0 Å². The van der Waals surface area contributed by atoms with E-state index in [0.717, 1.165) is 10.6 Å². The van der Waals surface area contributed by atoms with Gasteiger partial charge in [-0.25, -0.2) is 8.42 Å². The number of fused-ring (bicyclic) bond motifs is 1. The molecule has 0 saturated heterocycles. The summed E-state index contributed by atoms with van der Waals surface area (Å²) in [5.41, 5.74) is 0.321. The molecule has 162 valence electrons. The lowest BCUT2D eigenvalue weighted by atomic mass is 10.2. The molecule has 0 atom stereocenters. The smallest absolute Gasteiger partial charge is 0.240 e. The molecule has 0 saturated carbocycles. The third-order valence-corrected chi connectivity index (χ3v) is 5.39. The number of amides is 1. The van der Waals surface area contributed by atoms with E-state index in [1.807, 2.05) is 12.1 Å². The Morgan fingerprint density at radius 1 is 1.10 bits per heavy atom. The van der Waals surface area contributed by atoms with Crippen molar-refractivity contribution in [2.24, 2.45) is 0 Å². The van der Waals surface area contributed by atoms with Crippen LogP contribution in [0.1, 0.15) is 0 Å². The van der Waals surface area contributed by atoms with E-state index in [9.17, 15) is 13.2 Å². The molecule has 10 heteroatoms. The van der Waals surface area contributed by atoms with Crippen LogP contribution < -0.4 is 28.6 Å². The van der Waals surface area contributed by atoms with Crippen molar-refractivity contribution in [2.45, 2.75) is 0 Å². The minimum atomic E-state index is -3.69. The van der Waals surface area contributed by atoms with Gasteiger partial charge in [-0.3, -0.25) is 9.10 Å². The lowest BCUT2D eigenvalue weighted by Crippen LogP contribution is -2.41. The standard InChI is InChI=1S/C20H24N2O7S/c1-26-16-5-3-4-6-17(16)27-10-9-21-20(23)14-22(30(2,24)25)15-7-8-18-19(13-15)29-12-11-28-18/h3-8,13H,9-12,14H2,1-2H3,(H,21,23). The van der Waals surface area contributed by atoms with E-state index in [-0.39, 0.29) is 19.7 Å². The van der Waals surface area contributed by atoms with Crippen LogP contribution in [0.3, 0.4) is 0 Å². The maximum atomic E-state index is 12.3. The Balaban J connectivity index is 1.58. The highest BCUT2D eigenvalue weighted by molar-refractivity contribution is 7.92. The van der Waals surface area contributed by atoms with Crippen LogP contribution in [-0.4, -0.2) is 60.6 Å². The van der Waals surface area contributed by atoms with Crippen LogP contribution in [0, 0.1) is 0 Å². The fourth-order valence-corrected chi connectivity index (χ4v) is 3.71. The summed E-state index contributed by atoms with van der Waals surface area (Å²) in [4.78, 5) is 12.3. The van der Waals surface area contributed by atoms with Gasteiger partial charge in [0.05, 0.1) is 25.6 Å². The average molecular weight is 436 g/mol. The number of hydrogen-bond donors (Lipinski definition) is 1. The normalized spacial score (nSPS) is 12.7. The molecule has 0 fully saturated rings. The molecule has 0 aliphatic carbocycles. The molecule has 1 amide bonds. The van der Waals surface area contributed by atoms with Crippen molar-refractivity contribution in [3.05, 3.63) is 42.5 Å². The van der Waals surface area contributed by atoms with Gasteiger partial charge in [0, 0.05) is 6.07 Å². The first-order chi connectivity index (χ1) is 14.4. The molecule has 1 aliphatic heterocycles. The van der Waals surface area contributed by atoms with Crippen molar-refractivity contribution in [3.63, 3.8) is 0 Å². The predicted molar refractivity (Wildman–Crippen MR) is 111 cm³/mol. The molecule has 1 heterocycles. The van der Waals surface area contributed by atoms with Gasteiger partial charge in [0.25, 0.3) is 0 Å². The number of anilines is 1. The van der Waals surface area contributed by atoms with Crippen molar-refractivity contribution in [1.82, 2.24) is 5.32 Å². The largest absolute Gasteiger partial charge is 0.493 e. The summed E-state index contributed by atoms with van der Waals surface area (Å²) in [6.07, 6.45) is 1.04. The molecule has 0 unspecified atom stereocenters. The summed E-state index contributed by atoms with van der Waals surface area (Å²) in [6.45, 7) is 0.848. The SMILES string of the molecule is COc1ccccc1OCCNC(=O)CN(c1ccc2c(c1)OCCO2)S(C)(=O)=O. The number of nitrogens with zero attached hydrogens (tertiary/aromatic N) is 1. The highest BCUT2D eigenvalue weighted by Crippen LogP contribution is 2.34. The minimum absolute atomic E-state index is 0.203. The zero-order valence-corrected chi connectivity index (χ0v) is 17.6. The maximum Gasteiger partial charge on any atom is 0.240 e. The van der Waals surface area contributed by atoms with E-state index in [0.29, 0.717) is 41.9 Å². The number of benzene rings is 2. The van der Waals surface area contributed by atoms with Crippen LogP contribution in [-0.2, 0) is 14.8 Å². The minimum Gasteiger partial charge on any atom is -0.493 e. The number of carbonyl (C=O) groups excluding carboxylic acids is 1. The zero-order chi connectivity index (χ0) is 21.6. The van der Waals surface area contributed by atoms with E-state index in [1.165, 1.54) is 0 Å². The number of hydrogen-bond acceptors (Lipinski definition) is 7. The molecule has 2 aromatic carbocycles. The molecule has 0 bridgehead atoms. The fourth-order valence-electron chi connectivity index (χ4n) is 2.86. The monoisotopic (exact) mass is 436 g/mol. The van der Waals surface area contributed by atoms with Crippen LogP contribution in [0.2, 0.25) is 0 Å². The highest BCUT2D eigenvalue weighted by Gasteiger charge is 2.23. The van der Waals surface area contributed by atoms with Crippen molar-refractivity contribution >= 4 is 21.6 Å². The summed E-state index contributed by atoms with van der Waals surface area (Å²) in [5, 5.41) is 2.66. The van der Waals surface area contributed by atoms with Crippen LogP contribution in [0.15, 0.2) is 42.5 Å². The topological polar surface area (TPSA) is 103 Å². The zero-order valence-electron chi connectivity index (χ0n) is 16.8. The van der Waals surface area contributed by atoms with Crippen LogP contribution in [0.25, 0.3) is 0 Å². The Hall–Kier alpha value is -3.14. The van der Waals surface area contributed by atoms with Crippen molar-refractivity contribution < 1.29 is 32.2 Å². The Bertz CT molecular complexity index is 994. The third-order valence-electron chi connectivity index (χ3n) is 4.25. The van der Waals surface area contributed by atoms with Gasteiger partial charge >= 0.3 is 0 Å². The van der Waals surface area contributed by atoms with Gasteiger partial charge in [0.15, 0.2) is 23.0 Å². The van der Waals surface area contributed by atoms with Gasteiger partial charge in [0.1, 0.15) is 26.4 Å². The van der Waals surface area contributed by atoms with Crippen molar-refractivity contribution in [2.75, 3.05) is 50.6 Å². The Morgan fingerprint density at radius 2 is 1.80 bits per heavy atom. The summed E-state index contributed by atoms with van der Waals surface area (Å²) in [7, 11) is -2.15. The lowest BCUT2D eigenvalue weighted by Gasteiger charge is -2.24. The summed E-state index contributed by atoms with van der Waals surface area (Å²) < 4.78 is 47.3. The number of methoxy groups -OCH3 is 1. The van der Waals surface area contributed by atoms with Gasteiger partial charge in [-0.15, -0.1) is 0 Å². The average Bonchev–Trinajstić information content (AvgIpc) is 2.74. The number of nitrogens with one attached hydrogen (secondary N) is 1. The molecular weight excluding hydrogens is 412 g/mol. The number of rotatable bonds is 9. The second-order valence-electron chi connectivity index (χ2n) is 6.45. The molecule has 3 rings (SSSR count). The van der Waals surface area contributed by atoms with E-state index >= 15 is 0 Å². The third kappa shape index (κ3) is 5.47. The van der Waals surface area contributed by atoms with Crippen LogP contribution >= 0.6 is 0 Å². The second kappa shape index (κ2) is 9.57. The maximum absolute atomic E-state index is 12.3. The molecule has 1 N–H and O–H groups in total. The second-order valence-corrected chi connectivity index (χ2v) is 8.35. The summed E-state index contributed by atoms with van der Waals surface area (Å²) in [5.74, 6) is 1.67. The molecule has 9 nitrogen and oxygen atoms in total. The van der Waals surface area contributed by atoms with E-state index in [1.54, 1.807) is 37.4 Å². The lowest BCUT2D eigenvalue weighted by molar-refractivity contribution is -0.119. The van der Waals surface area contributed by atoms with E-state index in [4.69, 9.17) is 18.9 Å². The molecule has 0 aromatic heterocycles. The summed E-state index contributed by atoms with van der Waals surface area (Å²) >= 11 is 0. The van der Waals surface area contributed by atoms with Crippen molar-refractivity contribution in [3.8, 4) is 23.0 Å². The molecule has 2 aromatic rings. The molecule has 30 heavy (non-hydrogen) atoms. The Kier molecular flexibility index (Phi) is 6.88. The summed E-state index contributed by atoms with van der Waals surface area (Å²) in [6, 6.07) is 11.9. The number of para-hydroxylation sites is 2. The van der Waals surface area contributed by atoms with Gasteiger partial charge < -0.3 is 24.3 Å². The molecular formula is C20H24N2O7S. The van der Waals surface area contributed by atoms with Crippen LogP contribution in [0.4, 0.5) is 5.69 Å². The van der Waals surface area contributed by atoms with Gasteiger partial charge in [-0.1, -0.05) is 12.1 Å². The van der Waals surface area contributed by atoms with Gasteiger partial charge in [-0.2, -0.15) is 0 Å². The number of carbonyl (C=O) groups is 1. The quantitative estimate of drug-likeness (QED) is 0.593. The van der Waals surface area contributed by atoms with Gasteiger partial charge in [-0.05, 0) is 24.3 Å². The number of ether oxygens (including phenoxy) is 4. The predicted octanol–water partition coefficient (Wildman–Crippen LogP) is 1.43. The van der Waals surface area contributed by atoms with Gasteiger partial charge in [0.2, 0.25) is 15.9 Å². The number of sulfonamides is 1. The van der Waals surface area contributed by atoms with E-state index in [2.05, 4.69) is 5.32 Å². The first-order valence-corrected chi connectivity index (χ1v) is 11.1. The Labute approximate surface area is 175 Å². The molecule has 0 radical (unpaired) electrons. The molecule has 1 aliphatic rings. The van der Waals surface area contributed by atoms with E-state index < -0.39 is 15.9 Å². The first-order valence-electron chi connectivity index (χ1n) is 9.28.